The third kappa shape index (κ3) is 2.90. The van der Waals surface area contributed by atoms with E-state index in [2.05, 4.69) is 15.3 Å². The van der Waals surface area contributed by atoms with Gasteiger partial charge in [-0.05, 0) is 19.9 Å². The van der Waals surface area contributed by atoms with Gasteiger partial charge in [0, 0.05) is 12.1 Å². The van der Waals surface area contributed by atoms with Gasteiger partial charge in [-0.15, -0.1) is 0 Å². The minimum Gasteiger partial charge on any atom is -0.348 e. The summed E-state index contributed by atoms with van der Waals surface area (Å²) >= 11 is 0. The number of hydrogen-bond acceptors (Lipinski definition) is 3. The van der Waals surface area contributed by atoms with Gasteiger partial charge < -0.3 is 10.3 Å². The molecule has 1 amide bonds. The number of nitrogens with one attached hydrogen (secondary N) is 2. The van der Waals surface area contributed by atoms with E-state index in [-0.39, 0.29) is 12.1 Å². The number of benzene rings is 1. The van der Waals surface area contributed by atoms with E-state index in [4.69, 9.17) is 0 Å². The largest absolute Gasteiger partial charge is 0.348 e. The van der Waals surface area contributed by atoms with E-state index >= 15 is 0 Å². The Labute approximate surface area is 114 Å². The molecule has 0 radical (unpaired) electrons. The molecule has 0 fully saturated rings. The molecular weight excluding hydrogens is 261 g/mol. The average molecular weight is 275 g/mol. The standard InChI is InChI=1S/C14H14FN3O2/c1-8-12(14(20)18-9(2)17-8)13(19)16-7-10-5-3-4-6-11(10)15/h3-6H,7H2,1-2H3,(H,16,19)(H,17,18,20). The zero-order chi connectivity index (χ0) is 14.7. The van der Waals surface area contributed by atoms with Crippen LogP contribution in [0.25, 0.3) is 0 Å². The van der Waals surface area contributed by atoms with Crippen LogP contribution in [-0.2, 0) is 6.54 Å². The third-order valence-corrected chi connectivity index (χ3v) is 2.84. The van der Waals surface area contributed by atoms with Crippen molar-refractivity contribution in [2.24, 2.45) is 0 Å². The van der Waals surface area contributed by atoms with Crippen LogP contribution in [0.1, 0.15) is 27.4 Å². The number of aromatic amines is 1. The number of carbonyl (C=O) groups is 1. The Bertz CT molecular complexity index is 710. The fourth-order valence-electron chi connectivity index (χ4n) is 1.90. The number of amides is 1. The lowest BCUT2D eigenvalue weighted by Gasteiger charge is -2.07. The maximum Gasteiger partial charge on any atom is 0.264 e. The molecule has 2 aromatic rings. The van der Waals surface area contributed by atoms with Gasteiger partial charge in [-0.1, -0.05) is 18.2 Å². The minimum atomic E-state index is -0.570. The van der Waals surface area contributed by atoms with Crippen LogP contribution in [0.3, 0.4) is 0 Å². The quantitative estimate of drug-likeness (QED) is 0.890. The second kappa shape index (κ2) is 5.64. The molecule has 20 heavy (non-hydrogen) atoms. The van der Waals surface area contributed by atoms with E-state index in [1.54, 1.807) is 32.0 Å². The summed E-state index contributed by atoms with van der Waals surface area (Å²) in [5, 5.41) is 2.52. The van der Waals surface area contributed by atoms with E-state index in [0.29, 0.717) is 17.1 Å². The Morgan fingerprint density at radius 2 is 2.05 bits per heavy atom. The van der Waals surface area contributed by atoms with Crippen molar-refractivity contribution < 1.29 is 9.18 Å². The van der Waals surface area contributed by atoms with Crippen LogP contribution in [-0.4, -0.2) is 15.9 Å². The van der Waals surface area contributed by atoms with Crippen molar-refractivity contribution in [3.05, 3.63) is 63.1 Å². The summed E-state index contributed by atoms with van der Waals surface area (Å²) in [6, 6.07) is 6.13. The predicted molar refractivity (Wildman–Crippen MR) is 71.9 cm³/mol. The fourth-order valence-corrected chi connectivity index (χ4v) is 1.90. The topological polar surface area (TPSA) is 74.8 Å². The van der Waals surface area contributed by atoms with E-state index in [1.165, 1.54) is 6.07 Å². The molecule has 2 N–H and O–H groups in total. The third-order valence-electron chi connectivity index (χ3n) is 2.84. The van der Waals surface area contributed by atoms with E-state index in [9.17, 15) is 14.0 Å². The molecule has 0 saturated carbocycles. The molecule has 5 nitrogen and oxygen atoms in total. The van der Waals surface area contributed by atoms with E-state index < -0.39 is 17.3 Å². The summed E-state index contributed by atoms with van der Waals surface area (Å²) in [5.74, 6) is -0.530. The van der Waals surface area contributed by atoms with Crippen LogP contribution in [0.15, 0.2) is 29.1 Å². The first kappa shape index (κ1) is 13.9. The van der Waals surface area contributed by atoms with Crippen molar-refractivity contribution >= 4 is 5.91 Å². The molecule has 0 aliphatic rings. The number of nitrogens with zero attached hydrogens (tertiary/aromatic N) is 1. The normalized spacial score (nSPS) is 10.3. The van der Waals surface area contributed by atoms with Gasteiger partial charge in [0.15, 0.2) is 0 Å². The van der Waals surface area contributed by atoms with Crippen LogP contribution in [0.4, 0.5) is 4.39 Å². The highest BCUT2D eigenvalue weighted by Gasteiger charge is 2.15. The highest BCUT2D eigenvalue weighted by Crippen LogP contribution is 2.06. The van der Waals surface area contributed by atoms with Crippen molar-refractivity contribution in [3.8, 4) is 0 Å². The van der Waals surface area contributed by atoms with Crippen LogP contribution >= 0.6 is 0 Å². The summed E-state index contributed by atoms with van der Waals surface area (Å²) in [5.41, 5.74) is 0.153. The maximum atomic E-state index is 13.4. The van der Waals surface area contributed by atoms with Gasteiger partial charge >= 0.3 is 0 Å². The molecule has 0 unspecified atom stereocenters. The first-order valence-electron chi connectivity index (χ1n) is 6.08. The predicted octanol–water partition coefficient (Wildman–Crippen LogP) is 1.46. The van der Waals surface area contributed by atoms with Gasteiger partial charge in [0.25, 0.3) is 11.5 Å². The molecule has 0 aliphatic carbocycles. The van der Waals surface area contributed by atoms with Gasteiger partial charge in [-0.2, -0.15) is 0 Å². The van der Waals surface area contributed by atoms with Gasteiger partial charge in [-0.3, -0.25) is 9.59 Å². The molecule has 0 saturated heterocycles. The lowest BCUT2D eigenvalue weighted by atomic mass is 10.2. The Morgan fingerprint density at radius 3 is 2.70 bits per heavy atom. The summed E-state index contributed by atoms with van der Waals surface area (Å²) < 4.78 is 13.4. The average Bonchev–Trinajstić information content (AvgIpc) is 2.36. The summed E-state index contributed by atoms with van der Waals surface area (Å²) in [6.45, 7) is 3.23. The molecule has 1 heterocycles. The van der Waals surface area contributed by atoms with Crippen LogP contribution < -0.4 is 10.9 Å². The van der Waals surface area contributed by atoms with Crippen LogP contribution in [0.5, 0.6) is 0 Å². The number of halogens is 1. The number of rotatable bonds is 3. The minimum absolute atomic E-state index is 0.0122. The molecule has 2 rings (SSSR count). The van der Waals surface area contributed by atoms with Crippen LogP contribution in [0.2, 0.25) is 0 Å². The Kier molecular flexibility index (Phi) is 3.93. The maximum absolute atomic E-state index is 13.4. The van der Waals surface area contributed by atoms with Crippen molar-refractivity contribution in [2.45, 2.75) is 20.4 Å². The fraction of sp³-hybridized carbons (Fsp3) is 0.214. The summed E-state index contributed by atoms with van der Waals surface area (Å²) in [4.78, 5) is 30.2. The van der Waals surface area contributed by atoms with Crippen molar-refractivity contribution in [1.82, 2.24) is 15.3 Å². The Hall–Kier alpha value is -2.50. The highest BCUT2D eigenvalue weighted by atomic mass is 19.1. The smallest absolute Gasteiger partial charge is 0.264 e. The molecule has 6 heteroatoms. The number of hydrogen-bond donors (Lipinski definition) is 2. The second-order valence-corrected chi connectivity index (χ2v) is 4.39. The highest BCUT2D eigenvalue weighted by molar-refractivity contribution is 5.94. The molecule has 0 atom stereocenters. The second-order valence-electron chi connectivity index (χ2n) is 4.39. The summed E-state index contributed by atoms with van der Waals surface area (Å²) in [6.07, 6.45) is 0. The van der Waals surface area contributed by atoms with E-state index in [0.717, 1.165) is 0 Å². The Balaban J connectivity index is 2.18. The first-order chi connectivity index (χ1) is 9.49. The molecule has 0 spiro atoms. The number of H-pyrrole nitrogens is 1. The first-order valence-corrected chi connectivity index (χ1v) is 6.08. The molecule has 104 valence electrons. The lowest BCUT2D eigenvalue weighted by Crippen LogP contribution is -2.31. The zero-order valence-corrected chi connectivity index (χ0v) is 11.2. The summed E-state index contributed by atoms with van der Waals surface area (Å²) in [7, 11) is 0. The number of aromatic nitrogens is 2. The molecule has 0 bridgehead atoms. The van der Waals surface area contributed by atoms with E-state index in [1.807, 2.05) is 0 Å². The monoisotopic (exact) mass is 275 g/mol. The lowest BCUT2D eigenvalue weighted by molar-refractivity contribution is 0.0948. The molecule has 1 aromatic carbocycles. The zero-order valence-electron chi connectivity index (χ0n) is 11.2. The number of aryl methyl sites for hydroxylation is 2. The van der Waals surface area contributed by atoms with Crippen LogP contribution in [0, 0.1) is 19.7 Å². The van der Waals surface area contributed by atoms with Crippen molar-refractivity contribution in [3.63, 3.8) is 0 Å². The van der Waals surface area contributed by atoms with Gasteiger partial charge in [0.05, 0.1) is 5.69 Å². The molecule has 0 aliphatic heterocycles. The van der Waals surface area contributed by atoms with Gasteiger partial charge in [-0.25, -0.2) is 9.37 Å². The molecular formula is C14H14FN3O2. The van der Waals surface area contributed by atoms with Gasteiger partial charge in [0.2, 0.25) is 0 Å². The Morgan fingerprint density at radius 1 is 1.35 bits per heavy atom. The van der Waals surface area contributed by atoms with Crippen molar-refractivity contribution in [2.75, 3.05) is 0 Å². The van der Waals surface area contributed by atoms with Crippen molar-refractivity contribution in [1.29, 1.82) is 0 Å². The molecule has 1 aromatic heterocycles. The SMILES string of the molecule is Cc1nc(C)c(C(=O)NCc2ccccc2F)c(=O)[nH]1. The number of carbonyl (C=O) groups excluding carboxylic acids is 1. The van der Waals surface area contributed by atoms with Gasteiger partial charge in [0.1, 0.15) is 17.2 Å².